The van der Waals surface area contributed by atoms with Gasteiger partial charge in [-0.15, -0.1) is 0 Å². The van der Waals surface area contributed by atoms with E-state index in [0.29, 0.717) is 26.8 Å². The van der Waals surface area contributed by atoms with Crippen molar-refractivity contribution < 1.29 is 12.6 Å². The zero-order valence-corrected chi connectivity index (χ0v) is 18.5. The molecule has 0 atom stereocenters. The summed E-state index contributed by atoms with van der Waals surface area (Å²) < 4.78 is 31.2. The van der Waals surface area contributed by atoms with Crippen LogP contribution >= 0.6 is 23.4 Å². The Hall–Kier alpha value is -2.81. The first-order valence-electron chi connectivity index (χ1n) is 9.31. The number of fused-ring (bicyclic) bond motifs is 1. The summed E-state index contributed by atoms with van der Waals surface area (Å²) in [5.74, 6) is 0.165. The van der Waals surface area contributed by atoms with E-state index in [9.17, 15) is 13.2 Å². The minimum absolute atomic E-state index is 0.153. The number of rotatable bonds is 7. The highest BCUT2D eigenvalue weighted by Crippen LogP contribution is 2.23. The van der Waals surface area contributed by atoms with Gasteiger partial charge in [0.2, 0.25) is 0 Å². The van der Waals surface area contributed by atoms with Gasteiger partial charge >= 0.3 is 10.1 Å². The van der Waals surface area contributed by atoms with E-state index in [2.05, 4.69) is 4.98 Å². The summed E-state index contributed by atoms with van der Waals surface area (Å²) in [6.45, 7) is 0. The largest absolute Gasteiger partial charge is 0.382 e. The molecule has 1 heterocycles. The van der Waals surface area contributed by atoms with Crippen LogP contribution in [-0.4, -0.2) is 29.5 Å². The maximum Gasteiger partial charge on any atom is 0.310 e. The third kappa shape index (κ3) is 5.10. The third-order valence-corrected chi connectivity index (χ3v) is 6.93. The van der Waals surface area contributed by atoms with Gasteiger partial charge in [-0.2, -0.15) is 8.42 Å². The van der Waals surface area contributed by atoms with Gasteiger partial charge in [0.1, 0.15) is 5.75 Å². The van der Waals surface area contributed by atoms with E-state index in [4.69, 9.17) is 15.8 Å². The van der Waals surface area contributed by atoms with Crippen molar-refractivity contribution in [2.24, 2.45) is 0 Å². The number of para-hydroxylation sites is 2. The van der Waals surface area contributed by atoms with Crippen LogP contribution in [0, 0.1) is 0 Å². The standard InChI is InChI=1S/C22H17ClN2O4S2/c23-16-7-6-8-17(15-16)25-21(26)19-11-4-5-12-20(19)24-22(25)30-13-14-31(27,28)29-18-9-2-1-3-10-18/h1-12,15H,13-14H2. The van der Waals surface area contributed by atoms with Crippen molar-refractivity contribution >= 4 is 44.4 Å². The molecule has 0 unspecified atom stereocenters. The molecule has 31 heavy (non-hydrogen) atoms. The van der Waals surface area contributed by atoms with E-state index in [-0.39, 0.29) is 22.8 Å². The fourth-order valence-electron chi connectivity index (χ4n) is 2.95. The number of nitrogens with zero attached hydrogens (tertiary/aromatic N) is 2. The molecule has 0 aliphatic heterocycles. The van der Waals surface area contributed by atoms with Crippen LogP contribution in [0.2, 0.25) is 5.02 Å². The van der Waals surface area contributed by atoms with Crippen LogP contribution in [-0.2, 0) is 10.1 Å². The average Bonchev–Trinajstić information content (AvgIpc) is 2.74. The highest BCUT2D eigenvalue weighted by molar-refractivity contribution is 8.00. The summed E-state index contributed by atoms with van der Waals surface area (Å²) in [7, 11) is -3.80. The lowest BCUT2D eigenvalue weighted by Gasteiger charge is -2.13. The summed E-state index contributed by atoms with van der Waals surface area (Å²) in [6.07, 6.45) is 0. The van der Waals surface area contributed by atoms with E-state index in [1.807, 2.05) is 0 Å². The van der Waals surface area contributed by atoms with Crippen molar-refractivity contribution in [3.8, 4) is 11.4 Å². The van der Waals surface area contributed by atoms with Gasteiger partial charge in [0.25, 0.3) is 5.56 Å². The number of benzene rings is 3. The first kappa shape index (κ1) is 21.4. The third-order valence-electron chi connectivity index (χ3n) is 4.34. The molecule has 0 N–H and O–H groups in total. The summed E-state index contributed by atoms with van der Waals surface area (Å²) in [4.78, 5) is 17.8. The van der Waals surface area contributed by atoms with Crippen molar-refractivity contribution in [3.63, 3.8) is 0 Å². The van der Waals surface area contributed by atoms with Crippen LogP contribution < -0.4 is 9.74 Å². The number of aromatic nitrogens is 2. The zero-order valence-electron chi connectivity index (χ0n) is 16.1. The molecule has 0 fully saturated rings. The predicted octanol–water partition coefficient (Wildman–Crippen LogP) is 4.54. The lowest BCUT2D eigenvalue weighted by molar-refractivity contribution is 0.488. The zero-order chi connectivity index (χ0) is 21.8. The maximum absolute atomic E-state index is 13.2. The minimum atomic E-state index is -3.80. The molecule has 0 radical (unpaired) electrons. The van der Waals surface area contributed by atoms with Gasteiger partial charge < -0.3 is 4.18 Å². The number of hydrogen-bond donors (Lipinski definition) is 0. The Bertz CT molecular complexity index is 1390. The smallest absolute Gasteiger partial charge is 0.310 e. The molecule has 1 aromatic heterocycles. The fraction of sp³-hybridized carbons (Fsp3) is 0.0909. The lowest BCUT2D eigenvalue weighted by Crippen LogP contribution is -2.22. The Balaban J connectivity index is 1.64. The summed E-state index contributed by atoms with van der Waals surface area (Å²) >= 11 is 7.28. The summed E-state index contributed by atoms with van der Waals surface area (Å²) in [6, 6.07) is 22.2. The van der Waals surface area contributed by atoms with E-state index < -0.39 is 10.1 Å². The summed E-state index contributed by atoms with van der Waals surface area (Å²) in [5.41, 5.74) is 0.845. The first-order chi connectivity index (χ1) is 14.9. The van der Waals surface area contributed by atoms with Crippen molar-refractivity contribution in [3.05, 3.63) is 94.2 Å². The van der Waals surface area contributed by atoms with E-state index >= 15 is 0 Å². The lowest BCUT2D eigenvalue weighted by atomic mass is 10.2. The molecule has 0 saturated carbocycles. The van der Waals surface area contributed by atoms with Crippen molar-refractivity contribution in [1.29, 1.82) is 0 Å². The Morgan fingerprint density at radius 3 is 2.48 bits per heavy atom. The molecule has 0 spiro atoms. The van der Waals surface area contributed by atoms with E-state index in [1.54, 1.807) is 78.9 Å². The van der Waals surface area contributed by atoms with Gasteiger partial charge in [-0.05, 0) is 42.5 Å². The molecular formula is C22H17ClN2O4S2. The molecule has 4 rings (SSSR count). The number of hydrogen-bond acceptors (Lipinski definition) is 6. The average molecular weight is 473 g/mol. The topological polar surface area (TPSA) is 78.3 Å². The highest BCUT2D eigenvalue weighted by atomic mass is 35.5. The van der Waals surface area contributed by atoms with Gasteiger partial charge in [-0.1, -0.05) is 59.8 Å². The highest BCUT2D eigenvalue weighted by Gasteiger charge is 2.17. The summed E-state index contributed by atoms with van der Waals surface area (Å²) in [5, 5.41) is 1.32. The number of halogens is 1. The minimum Gasteiger partial charge on any atom is -0.382 e. The quantitative estimate of drug-likeness (QED) is 0.223. The van der Waals surface area contributed by atoms with E-state index in [1.165, 1.54) is 4.57 Å². The van der Waals surface area contributed by atoms with Crippen LogP contribution in [0.15, 0.2) is 88.8 Å². The van der Waals surface area contributed by atoms with Crippen LogP contribution in [0.25, 0.3) is 16.6 Å². The molecule has 6 nitrogen and oxygen atoms in total. The molecule has 0 aliphatic rings. The van der Waals surface area contributed by atoms with Gasteiger partial charge in [0.05, 0.1) is 22.3 Å². The van der Waals surface area contributed by atoms with Gasteiger partial charge in [-0.3, -0.25) is 9.36 Å². The molecule has 0 aliphatic carbocycles. The van der Waals surface area contributed by atoms with Crippen molar-refractivity contribution in [2.45, 2.75) is 5.16 Å². The first-order valence-corrected chi connectivity index (χ1v) is 12.2. The Kier molecular flexibility index (Phi) is 6.31. The molecule has 9 heteroatoms. The van der Waals surface area contributed by atoms with Crippen molar-refractivity contribution in [2.75, 3.05) is 11.5 Å². The molecule has 3 aromatic carbocycles. The second kappa shape index (κ2) is 9.13. The normalized spacial score (nSPS) is 11.5. The maximum atomic E-state index is 13.2. The predicted molar refractivity (Wildman–Crippen MR) is 124 cm³/mol. The van der Waals surface area contributed by atoms with Crippen LogP contribution in [0.3, 0.4) is 0 Å². The SMILES string of the molecule is O=c1c2ccccc2nc(SCCS(=O)(=O)Oc2ccccc2)n1-c1cccc(Cl)c1. The monoisotopic (exact) mass is 472 g/mol. The van der Waals surface area contributed by atoms with E-state index in [0.717, 1.165) is 11.8 Å². The Morgan fingerprint density at radius 2 is 1.71 bits per heavy atom. The molecular weight excluding hydrogens is 456 g/mol. The molecule has 0 saturated heterocycles. The molecule has 0 amide bonds. The van der Waals surface area contributed by atoms with Gasteiger partial charge in [0, 0.05) is 10.8 Å². The van der Waals surface area contributed by atoms with Crippen LogP contribution in [0.4, 0.5) is 0 Å². The Morgan fingerprint density at radius 1 is 0.968 bits per heavy atom. The molecule has 158 valence electrons. The second-order valence-corrected chi connectivity index (χ2v) is 9.73. The number of thioether (sulfide) groups is 1. The molecule has 0 bridgehead atoms. The second-order valence-electron chi connectivity index (χ2n) is 6.54. The fourth-order valence-corrected chi connectivity index (χ4v) is 5.44. The van der Waals surface area contributed by atoms with Crippen LogP contribution in [0.1, 0.15) is 0 Å². The molecule has 4 aromatic rings. The van der Waals surface area contributed by atoms with Crippen LogP contribution in [0.5, 0.6) is 5.75 Å². The van der Waals surface area contributed by atoms with Gasteiger partial charge in [0.15, 0.2) is 5.16 Å². The van der Waals surface area contributed by atoms with Crippen molar-refractivity contribution in [1.82, 2.24) is 9.55 Å². The van der Waals surface area contributed by atoms with Gasteiger partial charge in [-0.25, -0.2) is 4.98 Å². The Labute approximate surface area is 188 Å².